The van der Waals surface area contributed by atoms with Crippen molar-refractivity contribution in [1.82, 2.24) is 15.0 Å². The summed E-state index contributed by atoms with van der Waals surface area (Å²) >= 11 is 6.14. The lowest BCUT2D eigenvalue weighted by Crippen LogP contribution is -2.24. The van der Waals surface area contributed by atoms with E-state index in [-0.39, 0.29) is 12.5 Å². The van der Waals surface area contributed by atoms with Gasteiger partial charge in [0, 0.05) is 24.3 Å². The number of aromatic nitrogens is 2. The number of nitrogens with zero attached hydrogens (tertiary/aromatic N) is 3. The number of para-hydroxylation sites is 1. The molecule has 1 aromatic heterocycles. The summed E-state index contributed by atoms with van der Waals surface area (Å²) in [6, 6.07) is 14.7. The van der Waals surface area contributed by atoms with Crippen LogP contribution in [0.4, 0.5) is 0 Å². The third-order valence-electron chi connectivity index (χ3n) is 3.88. The molecule has 6 nitrogen and oxygen atoms in total. The zero-order chi connectivity index (χ0) is 19.2. The highest BCUT2D eigenvalue weighted by Crippen LogP contribution is 2.25. The third kappa shape index (κ3) is 4.54. The van der Waals surface area contributed by atoms with Crippen molar-refractivity contribution in [1.29, 1.82) is 0 Å². The normalized spacial score (nSPS) is 10.9. The van der Waals surface area contributed by atoms with Crippen molar-refractivity contribution in [2.24, 2.45) is 0 Å². The zero-order valence-electron chi connectivity index (χ0n) is 14.9. The van der Waals surface area contributed by atoms with Gasteiger partial charge in [-0.2, -0.15) is 4.98 Å². The molecule has 1 amide bonds. The van der Waals surface area contributed by atoms with Gasteiger partial charge in [-0.15, -0.1) is 0 Å². The van der Waals surface area contributed by atoms with Crippen LogP contribution < -0.4 is 4.74 Å². The lowest BCUT2D eigenvalue weighted by Gasteiger charge is -2.12. The molecule has 0 spiro atoms. The minimum absolute atomic E-state index is 0.187. The van der Waals surface area contributed by atoms with E-state index in [2.05, 4.69) is 10.1 Å². The highest BCUT2D eigenvalue weighted by molar-refractivity contribution is 6.33. The summed E-state index contributed by atoms with van der Waals surface area (Å²) in [5.41, 5.74) is 1.50. The van der Waals surface area contributed by atoms with Crippen LogP contribution in [-0.2, 0) is 11.3 Å². The molecule has 2 aromatic carbocycles. The van der Waals surface area contributed by atoms with E-state index in [9.17, 15) is 4.79 Å². The molecule has 0 unspecified atom stereocenters. The lowest BCUT2D eigenvalue weighted by atomic mass is 10.2. The molecule has 3 rings (SSSR count). The Balaban J connectivity index is 1.67. The molecule has 0 bridgehead atoms. The van der Waals surface area contributed by atoms with Gasteiger partial charge >= 0.3 is 0 Å². The van der Waals surface area contributed by atoms with E-state index in [1.54, 1.807) is 26.3 Å². The number of hydrogen-bond acceptors (Lipinski definition) is 5. The Labute approximate surface area is 162 Å². The molecule has 0 saturated heterocycles. The van der Waals surface area contributed by atoms with Crippen molar-refractivity contribution in [2.75, 3.05) is 14.2 Å². The van der Waals surface area contributed by atoms with E-state index in [1.807, 2.05) is 42.5 Å². The summed E-state index contributed by atoms with van der Waals surface area (Å²) in [6.45, 7) is 0.187. The van der Waals surface area contributed by atoms with Gasteiger partial charge in [0.15, 0.2) is 0 Å². The van der Waals surface area contributed by atoms with Gasteiger partial charge in [0.2, 0.25) is 17.6 Å². The number of methoxy groups -OCH3 is 1. The topological polar surface area (TPSA) is 68.5 Å². The molecule has 138 valence electrons. The molecule has 0 radical (unpaired) electrons. The Bertz CT molecular complexity index is 968. The number of carbonyl (C=O) groups is 1. The van der Waals surface area contributed by atoms with Gasteiger partial charge in [-0.05, 0) is 24.3 Å². The second-order valence-electron chi connectivity index (χ2n) is 5.76. The maximum atomic E-state index is 12.3. The summed E-state index contributed by atoms with van der Waals surface area (Å²) in [7, 11) is 3.25. The molecular weight excluding hydrogens is 366 g/mol. The fourth-order valence-electron chi connectivity index (χ4n) is 2.44. The van der Waals surface area contributed by atoms with Crippen LogP contribution in [0.5, 0.6) is 5.75 Å². The predicted octanol–water partition coefficient (Wildman–Crippen LogP) is 4.07. The number of amides is 1. The first-order chi connectivity index (χ1) is 13.1. The smallest absolute Gasteiger partial charge is 0.246 e. The number of carbonyl (C=O) groups excluding carboxylic acids is 1. The highest BCUT2D eigenvalue weighted by Gasteiger charge is 2.14. The average molecular weight is 384 g/mol. The first-order valence-electron chi connectivity index (χ1n) is 8.22. The molecule has 0 aliphatic heterocycles. The van der Waals surface area contributed by atoms with E-state index < -0.39 is 0 Å². The second-order valence-corrected chi connectivity index (χ2v) is 6.17. The first-order valence-corrected chi connectivity index (χ1v) is 8.60. The van der Waals surface area contributed by atoms with E-state index in [4.69, 9.17) is 20.9 Å². The largest absolute Gasteiger partial charge is 0.496 e. The fraction of sp³-hybridized carbons (Fsp3) is 0.150. The molecule has 1 heterocycles. The molecule has 0 fully saturated rings. The molecule has 0 N–H and O–H groups in total. The SMILES string of the molecule is COc1ccccc1/C=C/C(=O)N(C)Cc1nc(-c2ccccc2Cl)no1. The van der Waals surface area contributed by atoms with Crippen molar-refractivity contribution < 1.29 is 14.1 Å². The molecule has 0 atom stereocenters. The summed E-state index contributed by atoms with van der Waals surface area (Å²) in [5.74, 6) is 1.22. The Morgan fingerprint density at radius 1 is 1.22 bits per heavy atom. The number of halogens is 1. The van der Waals surface area contributed by atoms with Crippen LogP contribution in [0.15, 0.2) is 59.1 Å². The Morgan fingerprint density at radius 2 is 1.96 bits per heavy atom. The van der Waals surface area contributed by atoms with Crippen molar-refractivity contribution >= 4 is 23.6 Å². The molecule has 0 saturated carbocycles. The Hall–Kier alpha value is -3.12. The van der Waals surface area contributed by atoms with E-state index in [0.717, 1.165) is 5.56 Å². The predicted molar refractivity (Wildman–Crippen MR) is 103 cm³/mol. The van der Waals surface area contributed by atoms with Gasteiger partial charge in [0.1, 0.15) is 5.75 Å². The minimum Gasteiger partial charge on any atom is -0.496 e. The summed E-state index contributed by atoms with van der Waals surface area (Å²) < 4.78 is 10.5. The fourth-order valence-corrected chi connectivity index (χ4v) is 2.66. The molecule has 27 heavy (non-hydrogen) atoms. The average Bonchev–Trinajstić information content (AvgIpc) is 3.14. The van der Waals surface area contributed by atoms with Crippen LogP contribution in [0.2, 0.25) is 5.02 Å². The summed E-state index contributed by atoms with van der Waals surface area (Å²) in [5, 5.41) is 4.47. The molecular formula is C20H18ClN3O3. The van der Waals surface area contributed by atoms with E-state index >= 15 is 0 Å². The number of likely N-dealkylation sites (N-methyl/N-ethyl adjacent to an activating group) is 1. The van der Waals surface area contributed by atoms with E-state index in [0.29, 0.717) is 28.1 Å². The maximum Gasteiger partial charge on any atom is 0.246 e. The molecule has 0 aliphatic rings. The number of ether oxygens (including phenoxy) is 1. The van der Waals surface area contributed by atoms with Crippen LogP contribution >= 0.6 is 11.6 Å². The zero-order valence-corrected chi connectivity index (χ0v) is 15.7. The van der Waals surface area contributed by atoms with Crippen molar-refractivity contribution in [3.05, 3.63) is 71.1 Å². The monoisotopic (exact) mass is 383 g/mol. The number of hydrogen-bond donors (Lipinski definition) is 0. The maximum absolute atomic E-state index is 12.3. The van der Waals surface area contributed by atoms with Gasteiger partial charge in [0.05, 0.1) is 18.7 Å². The van der Waals surface area contributed by atoms with Gasteiger partial charge in [0.25, 0.3) is 0 Å². The van der Waals surface area contributed by atoms with Crippen LogP contribution in [0.1, 0.15) is 11.5 Å². The molecule has 7 heteroatoms. The molecule has 3 aromatic rings. The molecule has 0 aliphatic carbocycles. The standard InChI is InChI=1S/C20H18ClN3O3/c1-24(19(25)12-11-14-7-3-6-10-17(14)26-2)13-18-22-20(23-27-18)15-8-4-5-9-16(15)21/h3-12H,13H2,1-2H3/b12-11+. The van der Waals surface area contributed by atoms with Crippen LogP contribution in [0.3, 0.4) is 0 Å². The van der Waals surface area contributed by atoms with E-state index in [1.165, 1.54) is 11.0 Å². The minimum atomic E-state index is -0.196. The van der Waals surface area contributed by atoms with Crippen LogP contribution in [0, 0.1) is 0 Å². The van der Waals surface area contributed by atoms with Gasteiger partial charge < -0.3 is 14.2 Å². The summed E-state index contributed by atoms with van der Waals surface area (Å²) in [6.07, 6.45) is 3.18. The van der Waals surface area contributed by atoms with Crippen molar-refractivity contribution in [3.63, 3.8) is 0 Å². The quantitative estimate of drug-likeness (QED) is 0.600. The van der Waals surface area contributed by atoms with Crippen LogP contribution in [0.25, 0.3) is 17.5 Å². The first kappa shape index (κ1) is 18.7. The van der Waals surface area contributed by atoms with Gasteiger partial charge in [-0.1, -0.05) is 47.1 Å². The lowest BCUT2D eigenvalue weighted by molar-refractivity contribution is -0.125. The van der Waals surface area contributed by atoms with Gasteiger partial charge in [-0.3, -0.25) is 4.79 Å². The Morgan fingerprint density at radius 3 is 2.74 bits per heavy atom. The van der Waals surface area contributed by atoms with Crippen molar-refractivity contribution in [2.45, 2.75) is 6.54 Å². The van der Waals surface area contributed by atoms with Crippen LogP contribution in [-0.4, -0.2) is 35.1 Å². The second kappa shape index (κ2) is 8.51. The summed E-state index contributed by atoms with van der Waals surface area (Å²) in [4.78, 5) is 18.1. The van der Waals surface area contributed by atoms with Gasteiger partial charge in [-0.25, -0.2) is 0 Å². The van der Waals surface area contributed by atoms with Crippen molar-refractivity contribution in [3.8, 4) is 17.1 Å². The highest BCUT2D eigenvalue weighted by atomic mass is 35.5. The number of rotatable bonds is 6. The Kier molecular flexibility index (Phi) is 5.88. The number of benzene rings is 2. The third-order valence-corrected chi connectivity index (χ3v) is 4.21.